The van der Waals surface area contributed by atoms with E-state index in [0.717, 1.165) is 91.9 Å². The molecule has 2 saturated carbocycles. The predicted molar refractivity (Wildman–Crippen MR) is 157 cm³/mol. The monoisotopic (exact) mass is 544 g/mol. The van der Waals surface area contributed by atoms with Crippen molar-refractivity contribution >= 4 is 22.6 Å². The molecule has 1 spiro atoms. The number of unbranched alkanes of at least 4 members (excludes halogenated alkanes) is 2. The van der Waals surface area contributed by atoms with Gasteiger partial charge in [0.2, 0.25) is 5.91 Å². The lowest BCUT2D eigenvalue weighted by molar-refractivity contribution is -0.124. The van der Waals surface area contributed by atoms with Gasteiger partial charge >= 0.3 is 0 Å². The Morgan fingerprint density at radius 2 is 2.00 bits per heavy atom. The highest BCUT2D eigenvalue weighted by atomic mass is 16.2. The molecule has 0 unspecified atom stereocenters. The van der Waals surface area contributed by atoms with E-state index in [-0.39, 0.29) is 23.3 Å². The van der Waals surface area contributed by atoms with Crippen LogP contribution in [-0.4, -0.2) is 56.0 Å². The zero-order valence-corrected chi connectivity index (χ0v) is 24.1. The first-order chi connectivity index (χ1) is 19.4. The number of hydrogen-bond acceptors (Lipinski definition) is 5. The van der Waals surface area contributed by atoms with Crippen LogP contribution in [0.4, 0.5) is 0 Å². The quantitative estimate of drug-likeness (QED) is 0.275. The van der Waals surface area contributed by atoms with E-state index in [1.807, 2.05) is 37.1 Å². The van der Waals surface area contributed by atoms with Gasteiger partial charge in [0, 0.05) is 49.5 Å². The second kappa shape index (κ2) is 11.5. The summed E-state index contributed by atoms with van der Waals surface area (Å²) in [5, 5.41) is 8.97. The van der Waals surface area contributed by atoms with Crippen LogP contribution in [-0.2, 0) is 16.6 Å². The Hall–Kier alpha value is -3.00. The van der Waals surface area contributed by atoms with E-state index in [2.05, 4.69) is 32.4 Å². The highest BCUT2D eigenvalue weighted by molar-refractivity contribution is 5.84. The van der Waals surface area contributed by atoms with Gasteiger partial charge in [0.05, 0.1) is 23.4 Å². The molecule has 1 aliphatic heterocycles. The second-order valence-corrected chi connectivity index (χ2v) is 12.7. The van der Waals surface area contributed by atoms with Crippen LogP contribution in [0.5, 0.6) is 0 Å². The third kappa shape index (κ3) is 6.17. The Morgan fingerprint density at radius 3 is 2.77 bits per heavy atom. The Labute approximate surface area is 237 Å². The van der Waals surface area contributed by atoms with Gasteiger partial charge in [-0.25, -0.2) is 4.98 Å². The summed E-state index contributed by atoms with van der Waals surface area (Å²) in [6.07, 6.45) is 14.9. The number of ketones is 1. The average Bonchev–Trinajstić information content (AvgIpc) is 3.80. The molecule has 0 radical (unpaired) electrons. The number of aromatic nitrogens is 4. The van der Waals surface area contributed by atoms with Crippen LogP contribution in [0.3, 0.4) is 0 Å². The van der Waals surface area contributed by atoms with Gasteiger partial charge in [-0.3, -0.25) is 14.3 Å². The number of hydrogen-bond donors (Lipinski definition) is 2. The molecule has 3 fully saturated rings. The number of aromatic amines is 1. The van der Waals surface area contributed by atoms with Crippen LogP contribution in [0, 0.1) is 17.3 Å². The van der Waals surface area contributed by atoms with Crippen LogP contribution in [0.1, 0.15) is 89.4 Å². The summed E-state index contributed by atoms with van der Waals surface area (Å²) >= 11 is 0. The highest BCUT2D eigenvalue weighted by Crippen LogP contribution is 2.59. The van der Waals surface area contributed by atoms with Gasteiger partial charge in [0.1, 0.15) is 11.6 Å². The van der Waals surface area contributed by atoms with Gasteiger partial charge in [-0.05, 0) is 81.5 Å². The molecule has 6 rings (SSSR count). The van der Waals surface area contributed by atoms with Crippen LogP contribution >= 0.6 is 0 Å². The second-order valence-electron chi connectivity index (χ2n) is 12.7. The molecule has 1 saturated heterocycles. The third-order valence-electron chi connectivity index (χ3n) is 9.59. The van der Waals surface area contributed by atoms with Gasteiger partial charge in [0.15, 0.2) is 0 Å². The van der Waals surface area contributed by atoms with Crippen molar-refractivity contribution in [2.24, 2.45) is 24.3 Å². The van der Waals surface area contributed by atoms with E-state index in [1.165, 1.54) is 19.4 Å². The van der Waals surface area contributed by atoms with Crippen molar-refractivity contribution in [2.45, 2.75) is 83.6 Å². The third-order valence-corrected chi connectivity index (χ3v) is 9.59. The molecule has 214 valence electrons. The number of nitrogens with zero attached hydrogens (tertiary/aromatic N) is 4. The van der Waals surface area contributed by atoms with Crippen LogP contribution < -0.4 is 5.32 Å². The summed E-state index contributed by atoms with van der Waals surface area (Å²) in [6, 6.07) is 6.07. The number of imidazole rings is 1. The molecule has 0 bridgehead atoms. The summed E-state index contributed by atoms with van der Waals surface area (Å²) in [6.45, 7) is 5.47. The number of nitrogens with one attached hydrogen (secondary N) is 2. The molecular formula is C32H44N6O2. The number of Topliss-reactive ketones (excluding diaryl/α,β-unsaturated/α-hetero) is 1. The van der Waals surface area contributed by atoms with E-state index in [9.17, 15) is 9.59 Å². The molecule has 2 atom stereocenters. The van der Waals surface area contributed by atoms with Crippen molar-refractivity contribution in [2.75, 3.05) is 19.6 Å². The van der Waals surface area contributed by atoms with Crippen molar-refractivity contribution in [3.63, 3.8) is 0 Å². The number of carbonyl (C=O) groups excluding carboxylic acids is 2. The number of likely N-dealkylation sites (tertiary alicyclic amines) is 1. The molecule has 2 aliphatic carbocycles. The maximum atomic E-state index is 13.6. The number of rotatable bonds is 13. The minimum absolute atomic E-state index is 0.127. The maximum Gasteiger partial charge on any atom is 0.224 e. The van der Waals surface area contributed by atoms with Crippen molar-refractivity contribution in [3.8, 4) is 11.3 Å². The van der Waals surface area contributed by atoms with Crippen LogP contribution in [0.15, 0.2) is 30.6 Å². The zero-order valence-electron chi connectivity index (χ0n) is 24.1. The average molecular weight is 545 g/mol. The normalized spacial score (nSPS) is 21.1. The smallest absolute Gasteiger partial charge is 0.224 e. The Kier molecular flexibility index (Phi) is 7.80. The number of fused-ring (bicyclic) bond motifs is 1. The van der Waals surface area contributed by atoms with Crippen molar-refractivity contribution in [1.29, 1.82) is 0 Å². The maximum absolute atomic E-state index is 13.6. The molecule has 1 aromatic carbocycles. The van der Waals surface area contributed by atoms with Gasteiger partial charge in [0.25, 0.3) is 0 Å². The summed E-state index contributed by atoms with van der Waals surface area (Å²) in [5.41, 5.74) is 3.18. The van der Waals surface area contributed by atoms with Gasteiger partial charge < -0.3 is 15.2 Å². The summed E-state index contributed by atoms with van der Waals surface area (Å²) < 4.78 is 1.83. The fraction of sp³-hybridized carbons (Fsp3) is 0.625. The number of amides is 1. The lowest BCUT2D eigenvalue weighted by Gasteiger charge is -2.33. The van der Waals surface area contributed by atoms with Gasteiger partial charge in [-0.15, -0.1) is 0 Å². The van der Waals surface area contributed by atoms with Gasteiger partial charge in [-0.2, -0.15) is 5.10 Å². The van der Waals surface area contributed by atoms with E-state index in [1.54, 1.807) is 0 Å². The number of carbonyl (C=O) groups is 2. The van der Waals surface area contributed by atoms with E-state index in [4.69, 9.17) is 4.98 Å². The molecule has 2 aromatic heterocycles. The molecule has 8 heteroatoms. The van der Waals surface area contributed by atoms with Crippen molar-refractivity contribution < 1.29 is 9.59 Å². The molecular weight excluding hydrogens is 500 g/mol. The molecule has 2 N–H and O–H groups in total. The lowest BCUT2D eigenvalue weighted by atomic mass is 9.90. The van der Waals surface area contributed by atoms with Crippen LogP contribution in [0.25, 0.3) is 22.2 Å². The molecule has 3 aromatic rings. The molecule has 3 aliphatic rings. The minimum Gasteiger partial charge on any atom is -0.346 e. The first-order valence-corrected chi connectivity index (χ1v) is 15.5. The Balaban J connectivity index is 1.11. The fourth-order valence-electron chi connectivity index (χ4n) is 6.67. The van der Waals surface area contributed by atoms with Crippen molar-refractivity contribution in [3.05, 3.63) is 36.4 Å². The lowest BCUT2D eigenvalue weighted by Crippen LogP contribution is -2.38. The zero-order chi connectivity index (χ0) is 27.7. The largest absolute Gasteiger partial charge is 0.346 e. The minimum atomic E-state index is -0.155. The summed E-state index contributed by atoms with van der Waals surface area (Å²) in [4.78, 5) is 36.2. The summed E-state index contributed by atoms with van der Waals surface area (Å²) in [7, 11) is 1.93. The number of benzene rings is 1. The topological polar surface area (TPSA) is 95.9 Å². The first kappa shape index (κ1) is 27.2. The molecule has 8 nitrogen and oxygen atoms in total. The number of aryl methyl sites for hydroxylation is 1. The van der Waals surface area contributed by atoms with Crippen LogP contribution in [0.2, 0.25) is 0 Å². The Morgan fingerprint density at radius 1 is 1.18 bits per heavy atom. The molecule has 3 heterocycles. The van der Waals surface area contributed by atoms with E-state index < -0.39 is 0 Å². The SMILES string of the molecule is CCC(=O)CCCCC[C@H](NC(=O)[C@H]1CC12CCN(CC1CC1)CC2)c1ncc(-c2ccc3nn(C)cc3c2)[nH]1. The number of H-pyrrole nitrogens is 1. The van der Waals surface area contributed by atoms with Gasteiger partial charge in [-0.1, -0.05) is 25.8 Å². The Bertz CT molecular complexity index is 1350. The predicted octanol–water partition coefficient (Wildman–Crippen LogP) is 5.56. The fourth-order valence-corrected chi connectivity index (χ4v) is 6.67. The van der Waals surface area contributed by atoms with E-state index >= 15 is 0 Å². The number of piperidine rings is 1. The van der Waals surface area contributed by atoms with E-state index in [0.29, 0.717) is 18.6 Å². The molecule has 40 heavy (non-hydrogen) atoms. The highest BCUT2D eigenvalue weighted by Gasteiger charge is 2.58. The molecule has 1 amide bonds. The summed E-state index contributed by atoms with van der Waals surface area (Å²) in [5.74, 6) is 2.39. The standard InChI is InChI=1S/C32H44N6O2/c1-3-25(39)7-5-4-6-8-28(30-33-19-29(34-30)23-11-12-27-24(17-23)21-37(2)36-27)35-31(40)26-18-32(26)13-15-38(16-14-32)20-22-9-10-22/h11-12,17,19,21-22,26,28H,3-10,13-16,18,20H2,1-2H3,(H,33,34)(H,35,40)/t26-,28+/m1/s1. The first-order valence-electron chi connectivity index (χ1n) is 15.5. The van der Waals surface area contributed by atoms with Crippen molar-refractivity contribution in [1.82, 2.24) is 30.0 Å².